The number of aromatic nitrogens is 3. The number of hydrogen-bond acceptors (Lipinski definition) is 4. The third-order valence-electron chi connectivity index (χ3n) is 5.53. The number of fused-ring (bicyclic) bond motifs is 1. The number of benzene rings is 4. The van der Waals surface area contributed by atoms with Gasteiger partial charge in [-0.05, 0) is 72.1 Å². The quantitative estimate of drug-likeness (QED) is 0.388. The summed E-state index contributed by atoms with van der Waals surface area (Å²) in [6.07, 6.45) is 0. The average Bonchev–Trinajstić information content (AvgIpc) is 3.27. The fraction of sp³-hybridized carbons (Fsp3) is 0.0741. The van der Waals surface area contributed by atoms with Crippen molar-refractivity contribution in [2.45, 2.75) is 6.92 Å². The van der Waals surface area contributed by atoms with Gasteiger partial charge < -0.3 is 10.1 Å². The minimum absolute atomic E-state index is 0.167. The van der Waals surface area contributed by atoms with Crippen molar-refractivity contribution in [1.82, 2.24) is 15.0 Å². The van der Waals surface area contributed by atoms with Crippen LogP contribution in [0.2, 0.25) is 0 Å². The molecule has 1 N–H and O–H groups in total. The zero-order chi connectivity index (χ0) is 22.8. The van der Waals surface area contributed by atoms with Gasteiger partial charge in [0.2, 0.25) is 0 Å². The Hall–Kier alpha value is -4.45. The van der Waals surface area contributed by atoms with Crippen LogP contribution in [0.5, 0.6) is 5.75 Å². The van der Waals surface area contributed by atoms with E-state index < -0.39 is 0 Å². The van der Waals surface area contributed by atoms with Crippen molar-refractivity contribution >= 4 is 22.6 Å². The van der Waals surface area contributed by atoms with E-state index in [0.717, 1.165) is 33.6 Å². The molecule has 1 aromatic heterocycles. The zero-order valence-electron chi connectivity index (χ0n) is 18.3. The fourth-order valence-electron chi connectivity index (χ4n) is 3.67. The van der Waals surface area contributed by atoms with Crippen LogP contribution in [0.3, 0.4) is 0 Å². The second kappa shape index (κ2) is 8.59. The summed E-state index contributed by atoms with van der Waals surface area (Å²) < 4.78 is 5.21. The van der Waals surface area contributed by atoms with E-state index in [1.54, 1.807) is 11.9 Å². The number of carbonyl (C=O) groups excluding carboxylic acids is 1. The Morgan fingerprint density at radius 1 is 0.818 bits per heavy atom. The van der Waals surface area contributed by atoms with Crippen LogP contribution in [0.4, 0.5) is 5.69 Å². The molecule has 5 aromatic rings. The lowest BCUT2D eigenvalue weighted by atomic mass is 10.0. The van der Waals surface area contributed by atoms with Gasteiger partial charge in [-0.3, -0.25) is 4.79 Å². The van der Waals surface area contributed by atoms with Crippen molar-refractivity contribution in [2.24, 2.45) is 0 Å². The van der Waals surface area contributed by atoms with Crippen LogP contribution in [0.1, 0.15) is 15.9 Å². The number of nitrogens with one attached hydrogen (secondary N) is 1. The van der Waals surface area contributed by atoms with Gasteiger partial charge in [0.15, 0.2) is 0 Å². The number of aryl methyl sites for hydroxylation is 1. The summed E-state index contributed by atoms with van der Waals surface area (Å²) in [7, 11) is 1.63. The molecule has 0 bridgehead atoms. The Bertz CT molecular complexity index is 1420. The highest BCUT2D eigenvalue weighted by Gasteiger charge is 2.12. The van der Waals surface area contributed by atoms with E-state index in [1.165, 1.54) is 0 Å². The van der Waals surface area contributed by atoms with E-state index in [1.807, 2.05) is 97.9 Å². The predicted molar refractivity (Wildman–Crippen MR) is 130 cm³/mol. The summed E-state index contributed by atoms with van der Waals surface area (Å²) in [5.41, 5.74) is 6.69. The van der Waals surface area contributed by atoms with E-state index in [2.05, 4.69) is 15.5 Å². The molecule has 33 heavy (non-hydrogen) atoms. The molecule has 0 saturated heterocycles. The van der Waals surface area contributed by atoms with Crippen LogP contribution < -0.4 is 10.1 Å². The van der Waals surface area contributed by atoms with Gasteiger partial charge in [0.05, 0.1) is 12.8 Å². The van der Waals surface area contributed by atoms with Crippen LogP contribution in [0, 0.1) is 6.92 Å². The molecular formula is C27H22N4O2. The monoisotopic (exact) mass is 434 g/mol. The van der Waals surface area contributed by atoms with Gasteiger partial charge in [0, 0.05) is 11.3 Å². The van der Waals surface area contributed by atoms with Crippen molar-refractivity contribution in [3.05, 3.63) is 102 Å². The molecule has 1 amide bonds. The first kappa shape index (κ1) is 20.5. The number of rotatable bonds is 5. The minimum atomic E-state index is -0.167. The minimum Gasteiger partial charge on any atom is -0.497 e. The lowest BCUT2D eigenvalue weighted by Gasteiger charge is -2.09. The topological polar surface area (TPSA) is 69.0 Å². The normalized spacial score (nSPS) is 10.8. The number of nitrogens with zero attached hydrogens (tertiary/aromatic N) is 3. The summed E-state index contributed by atoms with van der Waals surface area (Å²) in [6.45, 7) is 1.94. The number of anilines is 1. The molecular weight excluding hydrogens is 412 g/mol. The van der Waals surface area contributed by atoms with Crippen molar-refractivity contribution in [3.63, 3.8) is 0 Å². The van der Waals surface area contributed by atoms with Crippen molar-refractivity contribution < 1.29 is 9.53 Å². The van der Waals surface area contributed by atoms with E-state index in [4.69, 9.17) is 4.74 Å². The third-order valence-corrected chi connectivity index (χ3v) is 5.53. The van der Waals surface area contributed by atoms with Gasteiger partial charge in [-0.15, -0.1) is 10.2 Å². The molecule has 4 aromatic carbocycles. The molecule has 6 nitrogen and oxygen atoms in total. The predicted octanol–water partition coefficient (Wildman–Crippen LogP) is 5.66. The van der Waals surface area contributed by atoms with E-state index in [-0.39, 0.29) is 5.91 Å². The molecule has 0 aliphatic heterocycles. The maximum absolute atomic E-state index is 12.9. The number of amides is 1. The van der Waals surface area contributed by atoms with Gasteiger partial charge in [0.25, 0.3) is 5.91 Å². The summed E-state index contributed by atoms with van der Waals surface area (Å²) in [5, 5.41) is 12.2. The SMILES string of the molecule is COc1ccc(-n2nc3cc(C)c(NC(=O)c4ccc(-c5ccccc5)cc4)cc3n2)cc1. The summed E-state index contributed by atoms with van der Waals surface area (Å²) in [5.74, 6) is 0.604. The Morgan fingerprint density at radius 2 is 1.45 bits per heavy atom. The molecule has 0 aliphatic rings. The Labute approximate surface area is 191 Å². The molecule has 1 heterocycles. The molecule has 0 spiro atoms. The highest BCUT2D eigenvalue weighted by molar-refractivity contribution is 6.05. The average molecular weight is 434 g/mol. The Morgan fingerprint density at radius 3 is 2.12 bits per heavy atom. The molecule has 0 unspecified atom stereocenters. The molecule has 6 heteroatoms. The van der Waals surface area contributed by atoms with Gasteiger partial charge in [-0.25, -0.2) is 0 Å². The molecule has 0 saturated carbocycles. The van der Waals surface area contributed by atoms with E-state index in [9.17, 15) is 4.79 Å². The second-order valence-corrected chi connectivity index (χ2v) is 7.74. The third kappa shape index (κ3) is 4.19. The van der Waals surface area contributed by atoms with E-state index in [0.29, 0.717) is 16.8 Å². The summed E-state index contributed by atoms with van der Waals surface area (Å²) in [6, 6.07) is 29.0. The first-order chi connectivity index (χ1) is 16.1. The fourth-order valence-corrected chi connectivity index (χ4v) is 3.67. The van der Waals surface area contributed by atoms with Gasteiger partial charge in [0.1, 0.15) is 16.8 Å². The first-order valence-corrected chi connectivity index (χ1v) is 10.6. The highest BCUT2D eigenvalue weighted by atomic mass is 16.5. The van der Waals surface area contributed by atoms with E-state index >= 15 is 0 Å². The lowest BCUT2D eigenvalue weighted by molar-refractivity contribution is 0.102. The first-order valence-electron chi connectivity index (χ1n) is 10.6. The molecule has 0 fully saturated rings. The molecule has 0 aliphatic carbocycles. The van der Waals surface area contributed by atoms with Crippen LogP contribution in [0.25, 0.3) is 27.8 Å². The standard InChI is InChI=1S/C27H22N4O2/c1-18-16-25-26(30-31(29-25)22-12-14-23(33-2)15-13-22)17-24(18)28-27(32)21-10-8-20(9-11-21)19-6-4-3-5-7-19/h3-17H,1-2H3,(H,28,32). The lowest BCUT2D eigenvalue weighted by Crippen LogP contribution is -2.12. The maximum atomic E-state index is 12.9. The Balaban J connectivity index is 1.38. The van der Waals surface area contributed by atoms with Gasteiger partial charge in [-0.2, -0.15) is 4.80 Å². The second-order valence-electron chi connectivity index (χ2n) is 7.74. The molecule has 5 rings (SSSR count). The smallest absolute Gasteiger partial charge is 0.255 e. The number of ether oxygens (including phenoxy) is 1. The summed E-state index contributed by atoms with van der Waals surface area (Å²) >= 11 is 0. The van der Waals surface area contributed by atoms with Crippen LogP contribution in [-0.4, -0.2) is 28.0 Å². The van der Waals surface area contributed by atoms with Crippen molar-refractivity contribution in [1.29, 1.82) is 0 Å². The Kier molecular flexibility index (Phi) is 5.32. The number of methoxy groups -OCH3 is 1. The highest BCUT2D eigenvalue weighted by Crippen LogP contribution is 2.24. The molecule has 0 radical (unpaired) electrons. The van der Waals surface area contributed by atoms with Gasteiger partial charge >= 0.3 is 0 Å². The molecule has 162 valence electrons. The van der Waals surface area contributed by atoms with Crippen LogP contribution in [0.15, 0.2) is 91.0 Å². The van der Waals surface area contributed by atoms with Crippen molar-refractivity contribution in [3.8, 4) is 22.6 Å². The summed E-state index contributed by atoms with van der Waals surface area (Å²) in [4.78, 5) is 14.5. The number of carbonyl (C=O) groups is 1. The van der Waals surface area contributed by atoms with Gasteiger partial charge in [-0.1, -0.05) is 42.5 Å². The maximum Gasteiger partial charge on any atom is 0.255 e. The van der Waals surface area contributed by atoms with Crippen LogP contribution >= 0.6 is 0 Å². The van der Waals surface area contributed by atoms with Crippen molar-refractivity contribution in [2.75, 3.05) is 12.4 Å². The number of hydrogen-bond donors (Lipinski definition) is 1. The molecule has 0 atom stereocenters. The van der Waals surface area contributed by atoms with Crippen LogP contribution in [-0.2, 0) is 0 Å². The largest absolute Gasteiger partial charge is 0.497 e. The zero-order valence-corrected chi connectivity index (χ0v) is 18.3.